The fourth-order valence-electron chi connectivity index (χ4n) is 15.0. The van der Waals surface area contributed by atoms with Gasteiger partial charge < -0.3 is 9.47 Å². The van der Waals surface area contributed by atoms with Crippen LogP contribution in [0.2, 0.25) is 0 Å². The first-order valence-electron chi connectivity index (χ1n) is 28.6. The highest BCUT2D eigenvalue weighted by Gasteiger charge is 2.51. The van der Waals surface area contributed by atoms with Gasteiger partial charge in [-0.25, -0.2) is 0 Å². The van der Waals surface area contributed by atoms with E-state index in [4.69, 9.17) is 0 Å². The summed E-state index contributed by atoms with van der Waals surface area (Å²) in [5, 5.41) is 2.55. The number of para-hydroxylation sites is 5. The molecule has 2 heterocycles. The highest BCUT2D eigenvalue weighted by Crippen LogP contribution is 2.63. The Kier molecular flexibility index (Phi) is 10.2. The van der Waals surface area contributed by atoms with E-state index in [0.717, 1.165) is 39.3 Å². The maximum absolute atomic E-state index is 2.55. The van der Waals surface area contributed by atoms with Gasteiger partial charge in [0.05, 0.1) is 38.9 Å². The first-order chi connectivity index (χ1) is 40.7. The summed E-state index contributed by atoms with van der Waals surface area (Å²) in [6, 6.07) is 118. The molecule has 0 fully saturated rings. The van der Waals surface area contributed by atoms with Gasteiger partial charge in [-0.2, -0.15) is 0 Å². The zero-order valence-corrected chi connectivity index (χ0v) is 44.9. The molecule has 3 aliphatic rings. The molecule has 17 rings (SSSR count). The Morgan fingerprint density at radius 1 is 0.256 bits per heavy atom. The molecule has 1 aliphatic heterocycles. The van der Waals surface area contributed by atoms with Crippen molar-refractivity contribution in [1.29, 1.82) is 0 Å². The normalized spacial score (nSPS) is 14.7. The van der Waals surface area contributed by atoms with Crippen molar-refractivity contribution >= 4 is 38.9 Å². The summed E-state index contributed by atoms with van der Waals surface area (Å²) in [6.07, 6.45) is 0. The van der Waals surface area contributed by atoms with Crippen molar-refractivity contribution in [2.45, 2.75) is 10.8 Å². The summed E-state index contributed by atoms with van der Waals surface area (Å²) in [7, 11) is 0. The maximum atomic E-state index is 2.55. The number of rotatable bonds is 8. The molecular weight excluding hydrogens is 989 g/mol. The Bertz CT molecular complexity index is 4820. The summed E-state index contributed by atoms with van der Waals surface area (Å²) >= 11 is 0. The molecule has 0 saturated heterocycles. The van der Waals surface area contributed by atoms with Gasteiger partial charge in [0, 0.05) is 27.6 Å². The lowest BCUT2D eigenvalue weighted by molar-refractivity contribution is 0.749. The second kappa shape index (κ2) is 18.0. The molecule has 0 radical (unpaired) electrons. The summed E-state index contributed by atoms with van der Waals surface area (Å²) < 4.78 is 2.53. The zero-order chi connectivity index (χ0) is 53.9. The molecule has 82 heavy (non-hydrogen) atoms. The minimum Gasteiger partial charge on any atom is -0.309 e. The second-order valence-corrected chi connectivity index (χ2v) is 22.2. The molecule has 0 N–H and O–H groups in total. The number of benzene rings is 13. The second-order valence-electron chi connectivity index (χ2n) is 22.2. The van der Waals surface area contributed by atoms with Crippen molar-refractivity contribution < 1.29 is 0 Å². The van der Waals surface area contributed by atoms with Gasteiger partial charge in [0.2, 0.25) is 0 Å². The minimum absolute atomic E-state index is 0.587. The summed E-state index contributed by atoms with van der Waals surface area (Å²) in [5.41, 5.74) is 28.1. The molecule has 1 aromatic heterocycles. The van der Waals surface area contributed by atoms with Crippen molar-refractivity contribution in [3.05, 3.63) is 360 Å². The van der Waals surface area contributed by atoms with Gasteiger partial charge in [-0.1, -0.05) is 273 Å². The summed E-state index contributed by atoms with van der Waals surface area (Å²) in [6.45, 7) is 0. The van der Waals surface area contributed by atoms with Gasteiger partial charge in [0.1, 0.15) is 0 Å². The van der Waals surface area contributed by atoms with Gasteiger partial charge in [-0.15, -0.1) is 0 Å². The molecule has 382 valence electrons. The number of hydrogen-bond acceptors (Lipinski definition) is 1. The van der Waals surface area contributed by atoms with Crippen molar-refractivity contribution in [3.63, 3.8) is 0 Å². The van der Waals surface area contributed by atoms with E-state index in [0.29, 0.717) is 0 Å². The molecule has 0 bridgehead atoms. The first-order valence-corrected chi connectivity index (χ1v) is 28.6. The highest BCUT2D eigenvalue weighted by atomic mass is 15.1. The van der Waals surface area contributed by atoms with Crippen LogP contribution in [-0.2, 0) is 10.8 Å². The average molecular weight is 1040 g/mol. The van der Waals surface area contributed by atoms with Crippen molar-refractivity contribution in [3.8, 4) is 61.3 Å². The molecule has 13 aromatic carbocycles. The third kappa shape index (κ3) is 6.40. The smallest absolute Gasteiger partial charge is 0.0754 e. The Morgan fingerprint density at radius 2 is 0.707 bits per heavy atom. The quantitative estimate of drug-likeness (QED) is 0.147. The molecule has 14 aromatic rings. The van der Waals surface area contributed by atoms with E-state index in [2.05, 4.69) is 325 Å². The summed E-state index contributed by atoms with van der Waals surface area (Å²) in [5.74, 6) is 0. The minimum atomic E-state index is -0.594. The lowest BCUT2D eigenvalue weighted by atomic mass is 9.65. The Balaban J connectivity index is 0.923. The lowest BCUT2D eigenvalue weighted by Gasteiger charge is -2.39. The van der Waals surface area contributed by atoms with E-state index >= 15 is 0 Å². The molecule has 1 spiro atoms. The largest absolute Gasteiger partial charge is 0.309 e. The van der Waals surface area contributed by atoms with Crippen molar-refractivity contribution in [2.24, 2.45) is 0 Å². The topological polar surface area (TPSA) is 8.17 Å². The van der Waals surface area contributed by atoms with E-state index < -0.39 is 10.8 Å². The molecular formula is C80H52N2. The third-order valence-corrected chi connectivity index (χ3v) is 18.3. The number of anilines is 3. The number of aromatic nitrogens is 1. The number of hydrogen-bond donors (Lipinski definition) is 0. The highest BCUT2D eigenvalue weighted by molar-refractivity contribution is 6.13. The molecule has 1 atom stereocenters. The standard InChI is InChI=1S/C80H52N2/c1-4-23-53(24-5-1)54-43-45-55(46-44-54)60-29-12-18-39-74(60)81(59-48-50-65-62-31-10-15-35-68(62)79(73(65)52-59,57-25-6-2-7-26-57)58-27-8-3-9-28-58)75-40-19-13-30-61(75)56-47-49-64-63-32-11-16-36-69(63)80(72(64)51-56)70-37-17-21-42-77(70)82-76-41-20-14-33-66(76)67-34-22-38-71(80)78(67)82/h1-52H. The Morgan fingerprint density at radius 3 is 1.39 bits per heavy atom. The fourth-order valence-corrected chi connectivity index (χ4v) is 15.0. The van der Waals surface area contributed by atoms with Gasteiger partial charge in [-0.05, 0) is 131 Å². The zero-order valence-electron chi connectivity index (χ0n) is 44.9. The molecule has 2 aliphatic carbocycles. The summed E-state index contributed by atoms with van der Waals surface area (Å²) in [4.78, 5) is 2.55. The Hall–Kier alpha value is -10.5. The van der Waals surface area contributed by atoms with E-state index in [1.165, 1.54) is 105 Å². The molecule has 1 unspecified atom stereocenters. The number of fused-ring (bicyclic) bond motifs is 15. The van der Waals surface area contributed by atoms with E-state index in [1.54, 1.807) is 0 Å². The van der Waals surface area contributed by atoms with Crippen molar-refractivity contribution in [1.82, 2.24) is 4.57 Å². The molecule has 2 heteroatoms. The molecule has 0 saturated carbocycles. The van der Waals surface area contributed by atoms with Crippen LogP contribution in [0.1, 0.15) is 44.5 Å². The maximum Gasteiger partial charge on any atom is 0.0754 e. The van der Waals surface area contributed by atoms with Gasteiger partial charge in [-0.3, -0.25) is 0 Å². The molecule has 0 amide bonds. The first kappa shape index (κ1) is 46.4. The van der Waals surface area contributed by atoms with Crippen LogP contribution in [0.5, 0.6) is 0 Å². The van der Waals surface area contributed by atoms with Gasteiger partial charge in [0.25, 0.3) is 0 Å². The van der Waals surface area contributed by atoms with Crippen LogP contribution in [0.4, 0.5) is 17.1 Å². The van der Waals surface area contributed by atoms with Crippen LogP contribution in [0, 0.1) is 0 Å². The monoisotopic (exact) mass is 1040 g/mol. The van der Waals surface area contributed by atoms with Crippen LogP contribution in [0.15, 0.2) is 315 Å². The SMILES string of the molecule is c1ccc(-c2ccc(-c3ccccc3N(c3ccc4c(c3)C(c3ccccc3)(c3ccccc3)c3ccccc3-4)c3ccccc3-c3ccc4c(c3)C3(c5ccccc5-4)c4ccccc4-n4c5ccccc5c5cccc3c54)cc2)cc1. The van der Waals surface area contributed by atoms with Gasteiger partial charge >= 0.3 is 0 Å². The predicted octanol–water partition coefficient (Wildman–Crippen LogP) is 20.3. The van der Waals surface area contributed by atoms with Crippen LogP contribution < -0.4 is 4.90 Å². The predicted molar refractivity (Wildman–Crippen MR) is 340 cm³/mol. The molecule has 2 nitrogen and oxygen atoms in total. The van der Waals surface area contributed by atoms with Crippen LogP contribution in [0.3, 0.4) is 0 Å². The third-order valence-electron chi connectivity index (χ3n) is 18.3. The van der Waals surface area contributed by atoms with Crippen molar-refractivity contribution in [2.75, 3.05) is 4.90 Å². The van der Waals surface area contributed by atoms with E-state index in [9.17, 15) is 0 Å². The average Bonchev–Trinajstić information content (AvgIpc) is 1.63. The lowest BCUT2D eigenvalue weighted by Crippen LogP contribution is -2.33. The Labute approximate surface area is 477 Å². The van der Waals surface area contributed by atoms with E-state index in [-0.39, 0.29) is 0 Å². The van der Waals surface area contributed by atoms with Crippen LogP contribution in [0.25, 0.3) is 83.1 Å². The van der Waals surface area contributed by atoms with Gasteiger partial charge in [0.15, 0.2) is 0 Å². The van der Waals surface area contributed by atoms with Crippen LogP contribution in [-0.4, -0.2) is 4.57 Å². The van der Waals surface area contributed by atoms with Crippen LogP contribution >= 0.6 is 0 Å². The number of nitrogens with zero attached hydrogens (tertiary/aromatic N) is 2. The fraction of sp³-hybridized carbons (Fsp3) is 0.0250. The van der Waals surface area contributed by atoms with E-state index in [1.807, 2.05) is 0 Å².